The normalized spacial score (nSPS) is 12.1. The summed E-state index contributed by atoms with van der Waals surface area (Å²) in [4.78, 5) is 20.8. The molecule has 5 nitrogen and oxygen atoms in total. The fourth-order valence-corrected chi connectivity index (χ4v) is 2.00. The standard InChI is InChI=1S/C16H22N4O/c1-4-11(2)18-15(21)9-10-17-16-12(3)19-13-7-5-6-8-14(13)20-16/h5-8,11H,4,9-10H2,1-3H3,(H,17,20)(H,18,21). The van der Waals surface area contributed by atoms with Crippen molar-refractivity contribution in [2.75, 3.05) is 11.9 Å². The van der Waals surface area contributed by atoms with Gasteiger partial charge in [0.05, 0.1) is 16.7 Å². The molecular formula is C16H22N4O. The lowest BCUT2D eigenvalue weighted by molar-refractivity contribution is -0.121. The van der Waals surface area contributed by atoms with Gasteiger partial charge in [-0.3, -0.25) is 4.79 Å². The Morgan fingerprint density at radius 3 is 2.57 bits per heavy atom. The van der Waals surface area contributed by atoms with Crippen molar-refractivity contribution in [2.24, 2.45) is 0 Å². The monoisotopic (exact) mass is 286 g/mol. The number of rotatable bonds is 6. The first-order chi connectivity index (χ1) is 10.1. The summed E-state index contributed by atoms with van der Waals surface area (Å²) >= 11 is 0. The number of amides is 1. The van der Waals surface area contributed by atoms with E-state index in [9.17, 15) is 4.79 Å². The molecule has 21 heavy (non-hydrogen) atoms. The molecule has 0 spiro atoms. The Hall–Kier alpha value is -2.17. The second-order valence-corrected chi connectivity index (χ2v) is 5.20. The predicted molar refractivity (Wildman–Crippen MR) is 85.3 cm³/mol. The molecule has 1 amide bonds. The number of nitrogens with one attached hydrogen (secondary N) is 2. The molecule has 1 aromatic carbocycles. The Bertz CT molecular complexity index is 627. The van der Waals surface area contributed by atoms with Crippen LogP contribution >= 0.6 is 0 Å². The van der Waals surface area contributed by atoms with Gasteiger partial charge >= 0.3 is 0 Å². The number of hydrogen-bond acceptors (Lipinski definition) is 4. The van der Waals surface area contributed by atoms with Crippen molar-refractivity contribution in [1.82, 2.24) is 15.3 Å². The zero-order valence-electron chi connectivity index (χ0n) is 12.8. The van der Waals surface area contributed by atoms with Gasteiger partial charge in [0.1, 0.15) is 5.82 Å². The molecule has 0 aliphatic carbocycles. The average molecular weight is 286 g/mol. The number of aryl methyl sites for hydroxylation is 1. The quantitative estimate of drug-likeness (QED) is 0.856. The topological polar surface area (TPSA) is 66.9 Å². The van der Waals surface area contributed by atoms with Crippen molar-refractivity contribution in [3.63, 3.8) is 0 Å². The van der Waals surface area contributed by atoms with Crippen LogP contribution in [0.4, 0.5) is 5.82 Å². The van der Waals surface area contributed by atoms with Crippen LogP contribution in [0.25, 0.3) is 11.0 Å². The Morgan fingerprint density at radius 2 is 1.90 bits per heavy atom. The van der Waals surface area contributed by atoms with Gasteiger partial charge in [-0.1, -0.05) is 19.1 Å². The van der Waals surface area contributed by atoms with E-state index >= 15 is 0 Å². The van der Waals surface area contributed by atoms with E-state index in [1.54, 1.807) is 0 Å². The Balaban J connectivity index is 1.94. The third-order valence-corrected chi connectivity index (χ3v) is 3.41. The maximum Gasteiger partial charge on any atom is 0.221 e. The zero-order valence-corrected chi connectivity index (χ0v) is 12.8. The van der Waals surface area contributed by atoms with Gasteiger partial charge in [0.2, 0.25) is 5.91 Å². The third-order valence-electron chi connectivity index (χ3n) is 3.41. The summed E-state index contributed by atoms with van der Waals surface area (Å²) in [6.07, 6.45) is 1.37. The van der Waals surface area contributed by atoms with Gasteiger partial charge in [-0.25, -0.2) is 9.97 Å². The number of hydrogen-bond donors (Lipinski definition) is 2. The fraction of sp³-hybridized carbons (Fsp3) is 0.438. The van der Waals surface area contributed by atoms with Crippen molar-refractivity contribution in [3.05, 3.63) is 30.0 Å². The van der Waals surface area contributed by atoms with E-state index < -0.39 is 0 Å². The van der Waals surface area contributed by atoms with Crippen LogP contribution in [0.3, 0.4) is 0 Å². The molecule has 2 N–H and O–H groups in total. The second-order valence-electron chi connectivity index (χ2n) is 5.20. The van der Waals surface area contributed by atoms with E-state index in [0.29, 0.717) is 13.0 Å². The lowest BCUT2D eigenvalue weighted by atomic mass is 10.2. The highest BCUT2D eigenvalue weighted by atomic mass is 16.1. The fourth-order valence-electron chi connectivity index (χ4n) is 2.00. The minimum Gasteiger partial charge on any atom is -0.368 e. The van der Waals surface area contributed by atoms with Crippen LogP contribution < -0.4 is 10.6 Å². The molecule has 0 aliphatic rings. The molecule has 1 heterocycles. The van der Waals surface area contributed by atoms with Crippen molar-refractivity contribution < 1.29 is 4.79 Å². The van der Waals surface area contributed by atoms with Crippen LogP contribution in [-0.2, 0) is 4.79 Å². The van der Waals surface area contributed by atoms with Gasteiger partial charge in [-0.05, 0) is 32.4 Å². The molecule has 2 aromatic rings. The summed E-state index contributed by atoms with van der Waals surface area (Å²) in [6, 6.07) is 7.99. The minimum atomic E-state index is 0.0586. The third kappa shape index (κ3) is 4.15. The van der Waals surface area contributed by atoms with E-state index in [2.05, 4.69) is 27.5 Å². The maximum atomic E-state index is 11.7. The van der Waals surface area contributed by atoms with Crippen LogP contribution in [0.2, 0.25) is 0 Å². The van der Waals surface area contributed by atoms with E-state index in [0.717, 1.165) is 29.0 Å². The molecule has 112 valence electrons. The zero-order chi connectivity index (χ0) is 15.2. The molecular weight excluding hydrogens is 264 g/mol. The van der Waals surface area contributed by atoms with Crippen LogP contribution in [0.5, 0.6) is 0 Å². The van der Waals surface area contributed by atoms with Gasteiger partial charge in [0, 0.05) is 19.0 Å². The summed E-state index contributed by atoms with van der Waals surface area (Å²) in [5, 5.41) is 6.14. The van der Waals surface area contributed by atoms with Gasteiger partial charge in [-0.15, -0.1) is 0 Å². The van der Waals surface area contributed by atoms with Gasteiger partial charge in [0.25, 0.3) is 0 Å². The molecule has 2 rings (SSSR count). The summed E-state index contributed by atoms with van der Waals surface area (Å²) in [5.41, 5.74) is 2.58. The molecule has 1 unspecified atom stereocenters. The Kier molecular flexibility index (Phi) is 5.09. The molecule has 0 fully saturated rings. The molecule has 0 radical (unpaired) electrons. The Labute approximate surface area is 125 Å². The number of para-hydroxylation sites is 2. The molecule has 1 aromatic heterocycles. The molecule has 0 aliphatic heterocycles. The first-order valence-corrected chi connectivity index (χ1v) is 7.36. The number of aromatic nitrogens is 2. The van der Waals surface area contributed by atoms with Crippen LogP contribution in [0, 0.1) is 6.92 Å². The van der Waals surface area contributed by atoms with Crippen molar-refractivity contribution >= 4 is 22.8 Å². The second kappa shape index (κ2) is 7.02. The van der Waals surface area contributed by atoms with E-state index in [1.807, 2.05) is 38.1 Å². The highest BCUT2D eigenvalue weighted by Gasteiger charge is 2.07. The maximum absolute atomic E-state index is 11.7. The van der Waals surface area contributed by atoms with Crippen molar-refractivity contribution in [1.29, 1.82) is 0 Å². The number of benzene rings is 1. The van der Waals surface area contributed by atoms with Crippen LogP contribution in [0.15, 0.2) is 24.3 Å². The summed E-state index contributed by atoms with van der Waals surface area (Å²) in [5.74, 6) is 0.799. The lowest BCUT2D eigenvalue weighted by Gasteiger charge is -2.12. The van der Waals surface area contributed by atoms with Gasteiger partial charge in [0.15, 0.2) is 0 Å². The predicted octanol–water partition coefficient (Wildman–Crippen LogP) is 2.65. The largest absolute Gasteiger partial charge is 0.368 e. The molecule has 0 saturated carbocycles. The van der Waals surface area contributed by atoms with Crippen LogP contribution in [0.1, 0.15) is 32.4 Å². The molecule has 1 atom stereocenters. The summed E-state index contributed by atoms with van der Waals surface area (Å²) in [7, 11) is 0. The number of anilines is 1. The number of carbonyl (C=O) groups is 1. The minimum absolute atomic E-state index is 0.0586. The molecule has 0 saturated heterocycles. The van der Waals surface area contributed by atoms with Gasteiger partial charge in [-0.2, -0.15) is 0 Å². The highest BCUT2D eigenvalue weighted by Crippen LogP contribution is 2.15. The highest BCUT2D eigenvalue weighted by molar-refractivity contribution is 5.77. The Morgan fingerprint density at radius 1 is 1.24 bits per heavy atom. The smallest absolute Gasteiger partial charge is 0.221 e. The number of carbonyl (C=O) groups excluding carboxylic acids is 1. The SMILES string of the molecule is CCC(C)NC(=O)CCNc1nc2ccccc2nc1C. The average Bonchev–Trinajstić information content (AvgIpc) is 2.47. The van der Waals surface area contributed by atoms with E-state index in [1.165, 1.54) is 0 Å². The van der Waals surface area contributed by atoms with Crippen molar-refractivity contribution in [2.45, 2.75) is 39.7 Å². The first kappa shape index (κ1) is 15.2. The first-order valence-electron chi connectivity index (χ1n) is 7.36. The lowest BCUT2D eigenvalue weighted by Crippen LogP contribution is -2.33. The molecule has 5 heteroatoms. The number of nitrogens with zero attached hydrogens (tertiary/aromatic N) is 2. The van der Waals surface area contributed by atoms with Gasteiger partial charge < -0.3 is 10.6 Å². The van der Waals surface area contributed by atoms with Crippen LogP contribution in [-0.4, -0.2) is 28.5 Å². The molecule has 0 bridgehead atoms. The number of fused-ring (bicyclic) bond motifs is 1. The summed E-state index contributed by atoms with van der Waals surface area (Å²) < 4.78 is 0. The van der Waals surface area contributed by atoms with E-state index in [4.69, 9.17) is 0 Å². The van der Waals surface area contributed by atoms with Crippen molar-refractivity contribution in [3.8, 4) is 0 Å². The van der Waals surface area contributed by atoms with E-state index in [-0.39, 0.29) is 11.9 Å². The summed E-state index contributed by atoms with van der Waals surface area (Å²) in [6.45, 7) is 6.53.